The highest BCUT2D eigenvalue weighted by Gasteiger charge is 2.22. The molecular weight excluding hydrogens is 244 g/mol. The molecule has 0 spiro atoms. The molecule has 2 rings (SSSR count). The zero-order chi connectivity index (χ0) is 13.8. The number of hydrogen-bond acceptors (Lipinski definition) is 4. The molecule has 0 radical (unpaired) electrons. The molecular formula is C13H18N4O2. The summed E-state index contributed by atoms with van der Waals surface area (Å²) in [5, 5.41) is 5.88. The molecule has 0 aromatic carbocycles. The van der Waals surface area contributed by atoms with Crippen LogP contribution in [0.25, 0.3) is 0 Å². The first-order chi connectivity index (χ1) is 9.06. The molecule has 19 heavy (non-hydrogen) atoms. The smallest absolute Gasteiger partial charge is 0.272 e. The van der Waals surface area contributed by atoms with Crippen molar-refractivity contribution < 1.29 is 9.59 Å². The Hall–Kier alpha value is -2.11. The van der Waals surface area contributed by atoms with Gasteiger partial charge in [-0.25, -0.2) is 0 Å². The summed E-state index contributed by atoms with van der Waals surface area (Å²) in [5.74, 6) is -0.189. The SMILES string of the molecule is CN(C)C(=O)c1cc(NCC(=O)NC2CC2)ccn1. The lowest BCUT2D eigenvalue weighted by atomic mass is 10.3. The van der Waals surface area contributed by atoms with Crippen molar-refractivity contribution in [3.63, 3.8) is 0 Å². The summed E-state index contributed by atoms with van der Waals surface area (Å²) in [6, 6.07) is 3.74. The molecule has 1 aromatic rings. The van der Waals surface area contributed by atoms with Gasteiger partial charge in [-0.1, -0.05) is 0 Å². The third kappa shape index (κ3) is 3.94. The second-order valence-electron chi connectivity index (χ2n) is 4.82. The predicted molar refractivity (Wildman–Crippen MR) is 71.9 cm³/mol. The molecule has 1 fully saturated rings. The fourth-order valence-corrected chi connectivity index (χ4v) is 1.58. The van der Waals surface area contributed by atoms with Crippen molar-refractivity contribution in [3.05, 3.63) is 24.0 Å². The van der Waals surface area contributed by atoms with Gasteiger partial charge < -0.3 is 15.5 Å². The summed E-state index contributed by atoms with van der Waals surface area (Å²) in [5.41, 5.74) is 1.07. The molecule has 1 aliphatic carbocycles. The maximum absolute atomic E-state index is 11.7. The van der Waals surface area contributed by atoms with E-state index in [-0.39, 0.29) is 18.4 Å². The third-order valence-corrected chi connectivity index (χ3v) is 2.78. The molecule has 0 atom stereocenters. The number of carbonyl (C=O) groups excluding carboxylic acids is 2. The molecule has 6 nitrogen and oxygen atoms in total. The van der Waals surface area contributed by atoms with Gasteiger partial charge in [0, 0.05) is 32.0 Å². The maximum atomic E-state index is 11.7. The molecule has 2 N–H and O–H groups in total. The Labute approximate surface area is 112 Å². The van der Waals surface area contributed by atoms with Gasteiger partial charge in [-0.2, -0.15) is 0 Å². The standard InChI is InChI=1S/C13H18N4O2/c1-17(2)13(19)11-7-10(5-6-14-11)15-8-12(18)16-9-3-4-9/h5-7,9H,3-4,8H2,1-2H3,(H,14,15)(H,16,18). The van der Waals surface area contributed by atoms with E-state index in [1.165, 1.54) is 4.90 Å². The lowest BCUT2D eigenvalue weighted by molar-refractivity contribution is -0.119. The van der Waals surface area contributed by atoms with E-state index in [1.807, 2.05) is 0 Å². The molecule has 102 valence electrons. The average molecular weight is 262 g/mol. The number of hydrogen-bond donors (Lipinski definition) is 2. The summed E-state index contributed by atoms with van der Waals surface area (Å²) < 4.78 is 0. The summed E-state index contributed by atoms with van der Waals surface area (Å²) in [7, 11) is 3.35. The van der Waals surface area contributed by atoms with Gasteiger partial charge in [0.1, 0.15) is 5.69 Å². The highest BCUT2D eigenvalue weighted by molar-refractivity contribution is 5.93. The highest BCUT2D eigenvalue weighted by atomic mass is 16.2. The Morgan fingerprint density at radius 1 is 1.42 bits per heavy atom. The van der Waals surface area contributed by atoms with Crippen LogP contribution < -0.4 is 10.6 Å². The molecule has 6 heteroatoms. The second kappa shape index (κ2) is 5.69. The first-order valence-corrected chi connectivity index (χ1v) is 6.27. The van der Waals surface area contributed by atoms with Crippen LogP contribution in [0, 0.1) is 0 Å². The van der Waals surface area contributed by atoms with Crippen LogP contribution in [0.1, 0.15) is 23.3 Å². The zero-order valence-corrected chi connectivity index (χ0v) is 11.1. The lowest BCUT2D eigenvalue weighted by Gasteiger charge is -2.11. The van der Waals surface area contributed by atoms with E-state index >= 15 is 0 Å². The Bertz CT molecular complexity index is 483. The van der Waals surface area contributed by atoms with Crippen LogP contribution in [0.2, 0.25) is 0 Å². The van der Waals surface area contributed by atoms with Crippen molar-refractivity contribution in [2.75, 3.05) is 26.0 Å². The van der Waals surface area contributed by atoms with Crippen LogP contribution in [0.5, 0.6) is 0 Å². The van der Waals surface area contributed by atoms with E-state index in [2.05, 4.69) is 15.6 Å². The van der Waals surface area contributed by atoms with Crippen LogP contribution in [0.15, 0.2) is 18.3 Å². The number of anilines is 1. The molecule has 1 aliphatic rings. The summed E-state index contributed by atoms with van der Waals surface area (Å²) >= 11 is 0. The van der Waals surface area contributed by atoms with Crippen LogP contribution in [-0.4, -0.2) is 48.4 Å². The number of nitrogens with zero attached hydrogens (tertiary/aromatic N) is 2. The minimum atomic E-state index is -0.161. The van der Waals surface area contributed by atoms with Crippen molar-refractivity contribution in [1.82, 2.24) is 15.2 Å². The van der Waals surface area contributed by atoms with Gasteiger partial charge >= 0.3 is 0 Å². The summed E-state index contributed by atoms with van der Waals surface area (Å²) in [6.45, 7) is 0.204. The third-order valence-electron chi connectivity index (χ3n) is 2.78. The van der Waals surface area contributed by atoms with Gasteiger partial charge in [-0.05, 0) is 25.0 Å². The number of nitrogens with one attached hydrogen (secondary N) is 2. The molecule has 0 unspecified atom stereocenters. The molecule has 1 heterocycles. The van der Waals surface area contributed by atoms with Crippen molar-refractivity contribution >= 4 is 17.5 Å². The van der Waals surface area contributed by atoms with E-state index < -0.39 is 0 Å². The first kappa shape index (κ1) is 13.3. The zero-order valence-electron chi connectivity index (χ0n) is 11.1. The van der Waals surface area contributed by atoms with E-state index in [4.69, 9.17) is 0 Å². The number of pyridine rings is 1. The minimum Gasteiger partial charge on any atom is -0.376 e. The van der Waals surface area contributed by atoms with E-state index in [0.29, 0.717) is 17.4 Å². The molecule has 2 amide bonds. The number of amides is 2. The molecule has 0 bridgehead atoms. The van der Waals surface area contributed by atoms with Gasteiger partial charge in [0.05, 0.1) is 6.54 Å². The highest BCUT2D eigenvalue weighted by Crippen LogP contribution is 2.18. The second-order valence-corrected chi connectivity index (χ2v) is 4.82. The molecule has 1 aromatic heterocycles. The number of carbonyl (C=O) groups is 2. The normalized spacial score (nSPS) is 13.8. The van der Waals surface area contributed by atoms with Crippen molar-refractivity contribution in [2.45, 2.75) is 18.9 Å². The van der Waals surface area contributed by atoms with E-state index in [9.17, 15) is 9.59 Å². The van der Waals surface area contributed by atoms with Gasteiger partial charge in [0.25, 0.3) is 5.91 Å². The predicted octanol–water partition coefficient (Wildman–Crippen LogP) is 0.474. The van der Waals surface area contributed by atoms with E-state index in [0.717, 1.165) is 12.8 Å². The Morgan fingerprint density at radius 3 is 2.79 bits per heavy atom. The fourth-order valence-electron chi connectivity index (χ4n) is 1.58. The van der Waals surface area contributed by atoms with E-state index in [1.54, 1.807) is 32.4 Å². The quantitative estimate of drug-likeness (QED) is 0.809. The fraction of sp³-hybridized carbons (Fsp3) is 0.462. The monoisotopic (exact) mass is 262 g/mol. The lowest BCUT2D eigenvalue weighted by Crippen LogP contribution is -2.31. The average Bonchev–Trinajstić information content (AvgIpc) is 3.19. The number of aromatic nitrogens is 1. The molecule has 0 saturated heterocycles. The number of rotatable bonds is 5. The van der Waals surface area contributed by atoms with Crippen LogP contribution in [-0.2, 0) is 4.79 Å². The van der Waals surface area contributed by atoms with Crippen LogP contribution in [0.4, 0.5) is 5.69 Å². The Morgan fingerprint density at radius 2 is 2.16 bits per heavy atom. The van der Waals surface area contributed by atoms with Crippen LogP contribution in [0.3, 0.4) is 0 Å². The molecule has 0 aliphatic heterocycles. The largest absolute Gasteiger partial charge is 0.376 e. The van der Waals surface area contributed by atoms with Crippen molar-refractivity contribution in [3.8, 4) is 0 Å². The topological polar surface area (TPSA) is 74.3 Å². The Kier molecular flexibility index (Phi) is 3.99. The van der Waals surface area contributed by atoms with Gasteiger partial charge in [-0.3, -0.25) is 14.6 Å². The maximum Gasteiger partial charge on any atom is 0.272 e. The molecule has 1 saturated carbocycles. The first-order valence-electron chi connectivity index (χ1n) is 6.27. The summed E-state index contributed by atoms with van der Waals surface area (Å²) in [4.78, 5) is 28.8. The minimum absolute atomic E-state index is 0.0280. The summed E-state index contributed by atoms with van der Waals surface area (Å²) in [6.07, 6.45) is 3.70. The van der Waals surface area contributed by atoms with Crippen molar-refractivity contribution in [1.29, 1.82) is 0 Å². The van der Waals surface area contributed by atoms with Gasteiger partial charge in [-0.15, -0.1) is 0 Å². The van der Waals surface area contributed by atoms with Crippen LogP contribution >= 0.6 is 0 Å². The van der Waals surface area contributed by atoms with Gasteiger partial charge in [0.2, 0.25) is 5.91 Å². The van der Waals surface area contributed by atoms with Crippen molar-refractivity contribution in [2.24, 2.45) is 0 Å². The Balaban J connectivity index is 1.90. The van der Waals surface area contributed by atoms with Gasteiger partial charge in [0.15, 0.2) is 0 Å².